The number of carbonyl (C=O) groups excluding carboxylic acids is 1. The Balaban J connectivity index is 2.47. The van der Waals surface area contributed by atoms with Gasteiger partial charge in [0, 0.05) is 12.5 Å². The van der Waals surface area contributed by atoms with Crippen molar-refractivity contribution >= 4 is 5.91 Å². The molecule has 0 aliphatic carbocycles. The van der Waals surface area contributed by atoms with E-state index in [0.29, 0.717) is 6.42 Å². The number of hydrogen-bond acceptors (Lipinski definition) is 3. The van der Waals surface area contributed by atoms with E-state index in [1.807, 2.05) is 32.0 Å². The summed E-state index contributed by atoms with van der Waals surface area (Å²) in [6.45, 7) is 3.93. The third-order valence-electron chi connectivity index (χ3n) is 2.77. The van der Waals surface area contributed by atoms with Crippen molar-refractivity contribution in [3.8, 4) is 11.5 Å². The first-order valence-electron chi connectivity index (χ1n) is 6.57. The van der Waals surface area contributed by atoms with Crippen LogP contribution in [0.1, 0.15) is 32.3 Å². The fourth-order valence-electron chi connectivity index (χ4n) is 1.88. The number of nitrogens with one attached hydrogen (secondary N) is 1. The highest BCUT2D eigenvalue weighted by Gasteiger charge is 2.06. The first-order valence-corrected chi connectivity index (χ1v) is 6.57. The number of hydrogen-bond donors (Lipinski definition) is 1. The zero-order valence-corrected chi connectivity index (χ0v) is 12.2. The second kappa shape index (κ2) is 7.67. The van der Waals surface area contributed by atoms with Crippen LogP contribution in [0.3, 0.4) is 0 Å². The molecule has 1 amide bonds. The standard InChI is InChI=1S/C15H23NO3/c1-11(2)16-15(17)7-5-6-12-8-9-13(18-3)14(10-12)19-4/h8-11H,5-7H2,1-4H3,(H,16,17). The van der Waals surface area contributed by atoms with Crippen LogP contribution in [0.5, 0.6) is 11.5 Å². The second-order valence-electron chi connectivity index (χ2n) is 4.77. The lowest BCUT2D eigenvalue weighted by Crippen LogP contribution is -2.29. The van der Waals surface area contributed by atoms with Gasteiger partial charge in [-0.3, -0.25) is 4.79 Å². The minimum absolute atomic E-state index is 0.107. The summed E-state index contributed by atoms with van der Waals surface area (Å²) in [7, 11) is 3.24. The molecule has 4 heteroatoms. The quantitative estimate of drug-likeness (QED) is 0.824. The summed E-state index contributed by atoms with van der Waals surface area (Å²) in [5.74, 6) is 1.56. The van der Waals surface area contributed by atoms with Crippen LogP contribution in [0.4, 0.5) is 0 Å². The number of benzene rings is 1. The van der Waals surface area contributed by atoms with E-state index in [0.717, 1.165) is 29.9 Å². The molecular weight excluding hydrogens is 242 g/mol. The maximum absolute atomic E-state index is 11.5. The number of carbonyl (C=O) groups is 1. The molecule has 1 aromatic rings. The topological polar surface area (TPSA) is 47.6 Å². The van der Waals surface area contributed by atoms with Gasteiger partial charge in [-0.15, -0.1) is 0 Å². The zero-order chi connectivity index (χ0) is 14.3. The van der Waals surface area contributed by atoms with Crippen LogP contribution in [0.25, 0.3) is 0 Å². The van der Waals surface area contributed by atoms with Crippen LogP contribution in [-0.4, -0.2) is 26.2 Å². The van der Waals surface area contributed by atoms with Crippen LogP contribution < -0.4 is 14.8 Å². The Morgan fingerprint density at radius 1 is 1.21 bits per heavy atom. The summed E-state index contributed by atoms with van der Waals surface area (Å²) < 4.78 is 10.4. The molecule has 0 unspecified atom stereocenters. The number of methoxy groups -OCH3 is 2. The third-order valence-corrected chi connectivity index (χ3v) is 2.77. The molecule has 4 nitrogen and oxygen atoms in total. The van der Waals surface area contributed by atoms with Gasteiger partial charge in [0.2, 0.25) is 5.91 Å². The van der Waals surface area contributed by atoms with Crippen molar-refractivity contribution in [2.45, 2.75) is 39.2 Å². The van der Waals surface area contributed by atoms with Gasteiger partial charge in [0.15, 0.2) is 11.5 Å². The number of ether oxygens (including phenoxy) is 2. The SMILES string of the molecule is COc1ccc(CCCC(=O)NC(C)C)cc1OC. The Morgan fingerprint density at radius 3 is 2.47 bits per heavy atom. The monoisotopic (exact) mass is 265 g/mol. The van der Waals surface area contributed by atoms with Crippen LogP contribution in [0, 0.1) is 0 Å². The summed E-state index contributed by atoms with van der Waals surface area (Å²) in [5, 5.41) is 2.89. The highest BCUT2D eigenvalue weighted by Crippen LogP contribution is 2.28. The molecule has 0 fully saturated rings. The van der Waals surface area contributed by atoms with E-state index >= 15 is 0 Å². The summed E-state index contributed by atoms with van der Waals surface area (Å²) in [6, 6.07) is 6.05. The molecule has 0 spiro atoms. The van der Waals surface area contributed by atoms with Crippen LogP contribution in [0.15, 0.2) is 18.2 Å². The van der Waals surface area contributed by atoms with Gasteiger partial charge < -0.3 is 14.8 Å². The van der Waals surface area contributed by atoms with Crippen molar-refractivity contribution < 1.29 is 14.3 Å². The lowest BCUT2D eigenvalue weighted by molar-refractivity contribution is -0.121. The Hall–Kier alpha value is -1.71. The molecule has 0 aliphatic rings. The molecule has 0 atom stereocenters. The van der Waals surface area contributed by atoms with E-state index in [9.17, 15) is 4.79 Å². The van der Waals surface area contributed by atoms with Crippen molar-refractivity contribution in [1.29, 1.82) is 0 Å². The van der Waals surface area contributed by atoms with Gasteiger partial charge in [-0.2, -0.15) is 0 Å². The van der Waals surface area contributed by atoms with Crippen LogP contribution in [-0.2, 0) is 11.2 Å². The average molecular weight is 265 g/mol. The minimum atomic E-state index is 0.107. The first-order chi connectivity index (χ1) is 9.06. The van der Waals surface area contributed by atoms with Crippen molar-refractivity contribution in [1.82, 2.24) is 5.32 Å². The molecule has 0 aromatic heterocycles. The Labute approximate surface area is 115 Å². The van der Waals surface area contributed by atoms with Gasteiger partial charge in [0.05, 0.1) is 14.2 Å². The number of aryl methyl sites for hydroxylation is 1. The molecule has 1 rings (SSSR count). The highest BCUT2D eigenvalue weighted by molar-refractivity contribution is 5.76. The number of rotatable bonds is 7. The first kappa shape index (κ1) is 15.3. The molecule has 19 heavy (non-hydrogen) atoms. The zero-order valence-electron chi connectivity index (χ0n) is 12.2. The van der Waals surface area contributed by atoms with Gasteiger partial charge in [0.25, 0.3) is 0 Å². The van der Waals surface area contributed by atoms with Gasteiger partial charge in [-0.25, -0.2) is 0 Å². The Kier molecular flexibility index (Phi) is 6.19. The third kappa shape index (κ3) is 5.20. The molecule has 1 aromatic carbocycles. The van der Waals surface area contributed by atoms with Gasteiger partial charge in [0.1, 0.15) is 0 Å². The van der Waals surface area contributed by atoms with E-state index in [1.54, 1.807) is 14.2 Å². The van der Waals surface area contributed by atoms with E-state index < -0.39 is 0 Å². The van der Waals surface area contributed by atoms with E-state index in [2.05, 4.69) is 5.32 Å². The van der Waals surface area contributed by atoms with E-state index in [4.69, 9.17) is 9.47 Å². The molecule has 0 saturated heterocycles. The van der Waals surface area contributed by atoms with E-state index in [1.165, 1.54) is 0 Å². The average Bonchev–Trinajstić information content (AvgIpc) is 2.37. The molecule has 0 bridgehead atoms. The molecule has 0 aliphatic heterocycles. The number of amides is 1. The summed E-state index contributed by atoms with van der Waals surface area (Å²) >= 11 is 0. The van der Waals surface area contributed by atoms with Crippen molar-refractivity contribution in [2.24, 2.45) is 0 Å². The summed E-state index contributed by atoms with van der Waals surface area (Å²) in [4.78, 5) is 11.5. The van der Waals surface area contributed by atoms with Crippen molar-refractivity contribution in [3.05, 3.63) is 23.8 Å². The Morgan fingerprint density at radius 2 is 1.89 bits per heavy atom. The van der Waals surface area contributed by atoms with Gasteiger partial charge >= 0.3 is 0 Å². The van der Waals surface area contributed by atoms with E-state index in [-0.39, 0.29) is 11.9 Å². The lowest BCUT2D eigenvalue weighted by Gasteiger charge is -2.10. The van der Waals surface area contributed by atoms with Crippen molar-refractivity contribution in [2.75, 3.05) is 14.2 Å². The molecule has 0 heterocycles. The normalized spacial score (nSPS) is 10.4. The van der Waals surface area contributed by atoms with Gasteiger partial charge in [-0.05, 0) is 44.4 Å². The maximum atomic E-state index is 11.5. The van der Waals surface area contributed by atoms with Gasteiger partial charge in [-0.1, -0.05) is 6.07 Å². The predicted molar refractivity (Wildman–Crippen MR) is 75.8 cm³/mol. The predicted octanol–water partition coefficient (Wildman–Crippen LogP) is 2.55. The van der Waals surface area contributed by atoms with Crippen LogP contribution in [0.2, 0.25) is 0 Å². The maximum Gasteiger partial charge on any atom is 0.220 e. The largest absolute Gasteiger partial charge is 0.493 e. The second-order valence-corrected chi connectivity index (χ2v) is 4.77. The summed E-state index contributed by atoms with van der Waals surface area (Å²) in [5.41, 5.74) is 1.15. The molecule has 1 N–H and O–H groups in total. The molecule has 0 saturated carbocycles. The molecule has 106 valence electrons. The minimum Gasteiger partial charge on any atom is -0.493 e. The summed E-state index contributed by atoms with van der Waals surface area (Å²) in [6.07, 6.45) is 2.23. The lowest BCUT2D eigenvalue weighted by atomic mass is 10.1. The Bertz CT molecular complexity index is 416. The smallest absolute Gasteiger partial charge is 0.220 e. The van der Waals surface area contributed by atoms with Crippen LogP contribution >= 0.6 is 0 Å². The fraction of sp³-hybridized carbons (Fsp3) is 0.533. The molecule has 0 radical (unpaired) electrons. The molecular formula is C15H23NO3. The highest BCUT2D eigenvalue weighted by atomic mass is 16.5. The fourth-order valence-corrected chi connectivity index (χ4v) is 1.88. The van der Waals surface area contributed by atoms with Crippen molar-refractivity contribution in [3.63, 3.8) is 0 Å².